The number of cyclic esters (lactones) is 1. The van der Waals surface area contributed by atoms with Crippen LogP contribution in [0.25, 0.3) is 11.2 Å². The minimum atomic E-state index is -4.01. The van der Waals surface area contributed by atoms with E-state index in [-0.39, 0.29) is 25.1 Å². The van der Waals surface area contributed by atoms with Gasteiger partial charge in [-0.1, -0.05) is 50.8 Å². The fourth-order valence-corrected chi connectivity index (χ4v) is 6.64. The summed E-state index contributed by atoms with van der Waals surface area (Å²) in [5.41, 5.74) is 7.07. The molecule has 4 heterocycles. The number of rotatable bonds is 2. The molecule has 5 unspecified atom stereocenters. The average molecular weight is 603 g/mol. The van der Waals surface area contributed by atoms with Crippen LogP contribution in [-0.2, 0) is 23.4 Å². The molecule has 42 heavy (non-hydrogen) atoms. The van der Waals surface area contributed by atoms with Crippen LogP contribution in [0.3, 0.4) is 0 Å². The number of imidazole rings is 1. The molecule has 1 fully saturated rings. The number of nitrogen functional groups attached to an aromatic ring is 1. The Morgan fingerprint density at radius 1 is 1.02 bits per heavy atom. The van der Waals surface area contributed by atoms with Gasteiger partial charge in [0.25, 0.3) is 0 Å². The van der Waals surface area contributed by atoms with E-state index in [4.69, 9.17) is 29.0 Å². The number of hydrogen-bond acceptors (Lipinski definition) is 11. The summed E-state index contributed by atoms with van der Waals surface area (Å²) < 4.78 is 45.1. The average Bonchev–Trinajstić information content (AvgIpc) is 3.55. The van der Waals surface area contributed by atoms with Crippen LogP contribution >= 0.6 is 7.75 Å². The molecule has 0 spiro atoms. The first kappa shape index (κ1) is 30.2. The van der Waals surface area contributed by atoms with Crippen LogP contribution < -0.4 is 20.1 Å². The van der Waals surface area contributed by atoms with E-state index in [1.54, 1.807) is 37.5 Å². The molecule has 2 aliphatic rings. The van der Waals surface area contributed by atoms with E-state index in [9.17, 15) is 9.36 Å². The normalized spacial score (nSPS) is 28.7. The molecule has 14 heteroatoms. The Morgan fingerprint density at radius 3 is 2.50 bits per heavy atom. The van der Waals surface area contributed by atoms with Crippen LogP contribution in [-0.4, -0.2) is 57.5 Å². The molecule has 3 aromatic rings. The predicted octanol–water partition coefficient (Wildman–Crippen LogP) is 4.79. The van der Waals surface area contributed by atoms with E-state index >= 15 is 0 Å². The molecule has 0 radical (unpaired) electrons. The second-order valence-corrected chi connectivity index (χ2v) is 12.5. The molecule has 1 aromatic carbocycles. The first-order chi connectivity index (χ1) is 20.3. The molecule has 2 aliphatic heterocycles. The monoisotopic (exact) mass is 602 g/mol. The highest BCUT2D eigenvalue weighted by Gasteiger charge is 2.38. The molecule has 5 atom stereocenters. The van der Waals surface area contributed by atoms with E-state index in [0.717, 1.165) is 38.5 Å². The van der Waals surface area contributed by atoms with Crippen molar-refractivity contribution in [2.24, 2.45) is 5.92 Å². The van der Waals surface area contributed by atoms with E-state index in [1.165, 1.54) is 0 Å². The van der Waals surface area contributed by atoms with Gasteiger partial charge in [0.05, 0.1) is 32.3 Å². The van der Waals surface area contributed by atoms with Gasteiger partial charge in [-0.15, -0.1) is 0 Å². The van der Waals surface area contributed by atoms with Crippen molar-refractivity contribution in [3.8, 4) is 11.6 Å². The number of para-hydroxylation sites is 1. The second kappa shape index (κ2) is 13.8. The highest BCUT2D eigenvalue weighted by atomic mass is 31.2. The highest BCUT2D eigenvalue weighted by Crippen LogP contribution is 2.46. The summed E-state index contributed by atoms with van der Waals surface area (Å²) in [6.07, 6.45) is 6.96. The lowest BCUT2D eigenvalue weighted by Gasteiger charge is -2.24. The summed E-state index contributed by atoms with van der Waals surface area (Å²) in [4.78, 5) is 25.9. The quantitative estimate of drug-likeness (QED) is 0.305. The number of anilines is 1. The number of fused-ring (bicyclic) bond motifs is 3. The van der Waals surface area contributed by atoms with Gasteiger partial charge in [-0.05, 0) is 38.3 Å². The van der Waals surface area contributed by atoms with Crippen molar-refractivity contribution in [3.63, 3.8) is 0 Å². The van der Waals surface area contributed by atoms with Crippen molar-refractivity contribution in [2.75, 3.05) is 25.6 Å². The number of ether oxygens (including phenoxy) is 3. The molecule has 3 N–H and O–H groups in total. The molecular formula is C28H39N6O7P. The lowest BCUT2D eigenvalue weighted by molar-refractivity contribution is -0.145. The summed E-state index contributed by atoms with van der Waals surface area (Å²) in [5.74, 6) is 0.291. The van der Waals surface area contributed by atoms with Gasteiger partial charge in [-0.25, -0.2) is 9.55 Å². The summed E-state index contributed by atoms with van der Waals surface area (Å²) in [7, 11) is -4.01. The SMILES string of the molecule is CC1NP(=O)(Oc2ccccc2)OCC2CC(C)C(O2)n2cnc3c(nc(N)nc32)OCCCCCCCCOC1=O. The van der Waals surface area contributed by atoms with Crippen LogP contribution in [0.1, 0.15) is 65.0 Å². The Labute approximate surface area is 245 Å². The number of aromatic nitrogens is 4. The number of nitrogens with one attached hydrogen (secondary N) is 1. The van der Waals surface area contributed by atoms with Crippen LogP contribution in [0.15, 0.2) is 36.7 Å². The number of benzene rings is 1. The van der Waals surface area contributed by atoms with Crippen molar-refractivity contribution in [2.45, 2.75) is 77.2 Å². The molecule has 2 aromatic heterocycles. The van der Waals surface area contributed by atoms with Gasteiger partial charge in [-0.2, -0.15) is 15.1 Å². The molecule has 0 amide bonds. The minimum absolute atomic E-state index is 0.0402. The van der Waals surface area contributed by atoms with Gasteiger partial charge >= 0.3 is 13.7 Å². The fourth-order valence-electron chi connectivity index (χ4n) is 5.12. The number of nitrogens with two attached hydrogens (primary N) is 1. The summed E-state index contributed by atoms with van der Waals surface area (Å²) in [6.45, 7) is 4.34. The molecule has 0 aliphatic carbocycles. The van der Waals surface area contributed by atoms with E-state index in [2.05, 4.69) is 20.0 Å². The Hall–Kier alpha value is -3.25. The molecule has 6 bridgehead atoms. The van der Waals surface area contributed by atoms with Crippen molar-refractivity contribution < 1.29 is 32.6 Å². The van der Waals surface area contributed by atoms with E-state index < -0.39 is 32.1 Å². The first-order valence-corrected chi connectivity index (χ1v) is 16.1. The Morgan fingerprint density at radius 2 is 1.74 bits per heavy atom. The number of carbonyl (C=O) groups is 1. The minimum Gasteiger partial charge on any atom is -0.476 e. The van der Waals surface area contributed by atoms with Crippen molar-refractivity contribution in [1.29, 1.82) is 0 Å². The van der Waals surface area contributed by atoms with Crippen LogP contribution in [0, 0.1) is 5.92 Å². The fraction of sp³-hybridized carbons (Fsp3) is 0.571. The largest absolute Gasteiger partial charge is 0.476 e. The predicted molar refractivity (Wildman–Crippen MR) is 155 cm³/mol. The first-order valence-electron chi connectivity index (χ1n) is 14.5. The number of esters is 1. The smallest absolute Gasteiger partial charge is 0.459 e. The Bertz CT molecular complexity index is 1390. The zero-order valence-electron chi connectivity index (χ0n) is 24.0. The maximum atomic E-state index is 13.9. The van der Waals surface area contributed by atoms with Crippen molar-refractivity contribution in [3.05, 3.63) is 36.7 Å². The second-order valence-electron chi connectivity index (χ2n) is 10.8. The van der Waals surface area contributed by atoms with Gasteiger partial charge in [0.15, 0.2) is 11.2 Å². The third-order valence-corrected chi connectivity index (χ3v) is 8.90. The number of carbonyl (C=O) groups excluding carboxylic acids is 1. The topological polar surface area (TPSA) is 162 Å². The van der Waals surface area contributed by atoms with Gasteiger partial charge < -0.3 is 24.5 Å². The van der Waals surface area contributed by atoms with Crippen molar-refractivity contribution in [1.82, 2.24) is 24.6 Å². The van der Waals surface area contributed by atoms with Crippen LogP contribution in [0.2, 0.25) is 0 Å². The summed E-state index contributed by atoms with van der Waals surface area (Å²) >= 11 is 0. The van der Waals surface area contributed by atoms with Crippen LogP contribution in [0.4, 0.5) is 5.95 Å². The van der Waals surface area contributed by atoms with Gasteiger partial charge in [0.2, 0.25) is 11.8 Å². The standard InChI is InChI=1S/C28H39N6O7P/c1-19-16-22-17-39-42(36,41-21-12-8-7-9-13-21)33-20(2)27(35)38-15-11-6-4-3-5-10-14-37-25-23-24(31-28(29)32-25)34(18-30-23)26(19)40-22/h7-9,12-13,18-20,22,26H,3-6,10-11,14-17H2,1-2H3,(H,33,36)(H2,29,31,32). The Kier molecular flexibility index (Phi) is 9.94. The third kappa shape index (κ3) is 7.57. The Balaban J connectivity index is 1.37. The van der Waals surface area contributed by atoms with Gasteiger partial charge in [-0.3, -0.25) is 13.9 Å². The summed E-state index contributed by atoms with van der Waals surface area (Å²) in [5, 5.41) is 2.75. The summed E-state index contributed by atoms with van der Waals surface area (Å²) in [6, 6.07) is 7.74. The third-order valence-electron chi connectivity index (χ3n) is 7.26. The lowest BCUT2D eigenvalue weighted by atomic mass is 10.1. The maximum absolute atomic E-state index is 13.9. The molecular weight excluding hydrogens is 563 g/mol. The van der Waals surface area contributed by atoms with Gasteiger partial charge in [0.1, 0.15) is 18.0 Å². The molecule has 13 nitrogen and oxygen atoms in total. The zero-order valence-corrected chi connectivity index (χ0v) is 24.9. The number of nitrogens with zero attached hydrogens (tertiary/aromatic N) is 4. The van der Waals surface area contributed by atoms with E-state index in [0.29, 0.717) is 35.8 Å². The van der Waals surface area contributed by atoms with Crippen molar-refractivity contribution >= 4 is 30.8 Å². The number of hydrogen-bond donors (Lipinski definition) is 2. The lowest BCUT2D eigenvalue weighted by Crippen LogP contribution is -2.35. The molecule has 0 saturated carbocycles. The zero-order chi connectivity index (χ0) is 29.5. The maximum Gasteiger partial charge on any atom is 0.459 e. The highest BCUT2D eigenvalue weighted by molar-refractivity contribution is 7.52. The molecule has 1 saturated heterocycles. The van der Waals surface area contributed by atoms with E-state index in [1.807, 2.05) is 17.6 Å². The molecule has 228 valence electrons. The van der Waals surface area contributed by atoms with Crippen LogP contribution in [0.5, 0.6) is 11.6 Å². The molecule has 5 rings (SSSR count). The van der Waals surface area contributed by atoms with Gasteiger partial charge in [0, 0.05) is 5.92 Å².